The molecule has 0 radical (unpaired) electrons. The molecule has 24 heavy (non-hydrogen) atoms. The highest BCUT2D eigenvalue weighted by Crippen LogP contribution is 2.14. The number of anilines is 1. The summed E-state index contributed by atoms with van der Waals surface area (Å²) in [7, 11) is 0. The predicted octanol–water partition coefficient (Wildman–Crippen LogP) is 3.36. The maximum absolute atomic E-state index is 10.7. The fourth-order valence-electron chi connectivity index (χ4n) is 2.27. The normalized spacial score (nSPS) is 11.9. The number of rotatable bonds is 10. The Morgan fingerprint density at radius 1 is 1.12 bits per heavy atom. The van der Waals surface area contributed by atoms with Crippen molar-refractivity contribution in [2.24, 2.45) is 0 Å². The molecule has 5 nitrogen and oxygen atoms in total. The second kappa shape index (κ2) is 10.1. The van der Waals surface area contributed by atoms with Crippen LogP contribution in [0.3, 0.4) is 0 Å². The minimum atomic E-state index is -2.03. The minimum absolute atomic E-state index is 0.636. The van der Waals surface area contributed by atoms with Gasteiger partial charge in [0.2, 0.25) is 0 Å². The number of hydrogen-bond donors (Lipinski definition) is 3. The van der Waals surface area contributed by atoms with Crippen molar-refractivity contribution in [3.05, 3.63) is 59.7 Å². The van der Waals surface area contributed by atoms with Gasteiger partial charge in [-0.05, 0) is 54.8 Å². The molecule has 0 aromatic heterocycles. The van der Waals surface area contributed by atoms with Crippen LogP contribution in [-0.4, -0.2) is 21.9 Å². The zero-order chi connectivity index (χ0) is 17.2. The predicted molar refractivity (Wildman–Crippen MR) is 98.5 cm³/mol. The van der Waals surface area contributed by atoms with Crippen LogP contribution in [0, 0.1) is 0 Å². The van der Waals surface area contributed by atoms with Gasteiger partial charge in [0.15, 0.2) is 0 Å². The summed E-state index contributed by atoms with van der Waals surface area (Å²) in [5.74, 6) is 0.917. The second-order valence-electron chi connectivity index (χ2n) is 5.47. The Morgan fingerprint density at radius 3 is 2.62 bits per heavy atom. The van der Waals surface area contributed by atoms with Crippen LogP contribution in [-0.2, 0) is 24.2 Å². The molecule has 0 aliphatic rings. The van der Waals surface area contributed by atoms with Gasteiger partial charge in [0, 0.05) is 12.2 Å². The van der Waals surface area contributed by atoms with E-state index in [1.807, 2.05) is 24.3 Å². The number of ether oxygens (including phenoxy) is 1. The quantitative estimate of drug-likeness (QED) is 0.455. The van der Waals surface area contributed by atoms with Crippen molar-refractivity contribution in [1.29, 1.82) is 0 Å². The third kappa shape index (κ3) is 6.70. The van der Waals surface area contributed by atoms with Gasteiger partial charge in [-0.1, -0.05) is 31.2 Å². The second-order valence-corrected chi connectivity index (χ2v) is 6.17. The molecule has 2 rings (SSSR count). The van der Waals surface area contributed by atoms with Gasteiger partial charge in [0.1, 0.15) is 5.75 Å². The first-order chi connectivity index (χ1) is 11.7. The maximum atomic E-state index is 10.7. The Bertz CT molecular complexity index is 647. The van der Waals surface area contributed by atoms with Crippen LogP contribution in [0.25, 0.3) is 0 Å². The SMILES string of the molecule is CCCOc1cccc(CNCCc2ccc(NS(=O)O)cc2)c1. The Kier molecular flexibility index (Phi) is 7.74. The summed E-state index contributed by atoms with van der Waals surface area (Å²) in [6.07, 6.45) is 1.90. The zero-order valence-corrected chi connectivity index (χ0v) is 14.6. The first-order valence-electron chi connectivity index (χ1n) is 8.06. The molecular formula is C18H24N2O3S. The van der Waals surface area contributed by atoms with Gasteiger partial charge >= 0.3 is 0 Å². The molecule has 0 amide bonds. The first kappa shape index (κ1) is 18.4. The van der Waals surface area contributed by atoms with Gasteiger partial charge in [-0.3, -0.25) is 9.27 Å². The standard InChI is InChI=1S/C18H24N2O3S/c1-2-12-23-18-5-3-4-16(13-18)14-19-11-10-15-6-8-17(9-7-15)20-24(21)22/h3-9,13,19-20H,2,10-12,14H2,1H3,(H,21,22). The Labute approximate surface area is 145 Å². The van der Waals surface area contributed by atoms with Crippen LogP contribution in [0.4, 0.5) is 5.69 Å². The van der Waals surface area contributed by atoms with Gasteiger partial charge in [-0.15, -0.1) is 0 Å². The van der Waals surface area contributed by atoms with Crippen molar-refractivity contribution in [2.75, 3.05) is 17.9 Å². The Balaban J connectivity index is 1.73. The topological polar surface area (TPSA) is 70.6 Å². The molecule has 6 heteroatoms. The highest BCUT2D eigenvalue weighted by molar-refractivity contribution is 7.80. The Morgan fingerprint density at radius 2 is 1.92 bits per heavy atom. The van der Waals surface area contributed by atoms with Crippen molar-refractivity contribution in [2.45, 2.75) is 26.3 Å². The first-order valence-corrected chi connectivity index (χ1v) is 9.17. The lowest BCUT2D eigenvalue weighted by Crippen LogP contribution is -2.16. The number of nitrogens with one attached hydrogen (secondary N) is 2. The van der Waals surface area contributed by atoms with Crippen LogP contribution in [0.2, 0.25) is 0 Å². The average molecular weight is 348 g/mol. The summed E-state index contributed by atoms with van der Waals surface area (Å²) in [5.41, 5.74) is 3.02. The van der Waals surface area contributed by atoms with Crippen LogP contribution < -0.4 is 14.8 Å². The minimum Gasteiger partial charge on any atom is -0.494 e. The molecule has 2 aromatic carbocycles. The molecule has 3 N–H and O–H groups in total. The summed E-state index contributed by atoms with van der Waals surface area (Å²) < 4.78 is 27.5. The van der Waals surface area contributed by atoms with Crippen LogP contribution in [0.1, 0.15) is 24.5 Å². The van der Waals surface area contributed by atoms with E-state index in [1.165, 1.54) is 11.1 Å². The molecule has 0 saturated carbocycles. The third-order valence-electron chi connectivity index (χ3n) is 3.45. The molecule has 1 unspecified atom stereocenters. The lowest BCUT2D eigenvalue weighted by Gasteiger charge is -2.09. The fraction of sp³-hybridized carbons (Fsp3) is 0.333. The van der Waals surface area contributed by atoms with E-state index in [0.29, 0.717) is 5.69 Å². The van der Waals surface area contributed by atoms with Crippen LogP contribution >= 0.6 is 0 Å². The van der Waals surface area contributed by atoms with E-state index in [4.69, 9.17) is 9.29 Å². The van der Waals surface area contributed by atoms with Gasteiger partial charge in [-0.25, -0.2) is 4.21 Å². The summed E-state index contributed by atoms with van der Waals surface area (Å²) in [6, 6.07) is 15.7. The summed E-state index contributed by atoms with van der Waals surface area (Å²) in [5, 5.41) is 3.42. The molecule has 0 spiro atoms. The summed E-state index contributed by atoms with van der Waals surface area (Å²) in [6.45, 7) is 4.49. The molecule has 0 aliphatic carbocycles. The van der Waals surface area contributed by atoms with Crippen LogP contribution in [0.15, 0.2) is 48.5 Å². The smallest absolute Gasteiger partial charge is 0.259 e. The summed E-state index contributed by atoms with van der Waals surface area (Å²) >= 11 is -2.03. The highest BCUT2D eigenvalue weighted by Gasteiger charge is 1.99. The lowest BCUT2D eigenvalue weighted by molar-refractivity contribution is 0.317. The third-order valence-corrected chi connectivity index (χ3v) is 3.86. The molecule has 130 valence electrons. The number of hydrogen-bond acceptors (Lipinski definition) is 3. The zero-order valence-electron chi connectivity index (χ0n) is 13.8. The molecule has 0 saturated heterocycles. The van der Waals surface area contributed by atoms with Crippen molar-refractivity contribution >= 4 is 17.0 Å². The molecular weight excluding hydrogens is 324 g/mol. The van der Waals surface area contributed by atoms with Crippen molar-refractivity contribution in [3.63, 3.8) is 0 Å². The van der Waals surface area contributed by atoms with Crippen molar-refractivity contribution < 1.29 is 13.5 Å². The molecule has 0 heterocycles. The van der Waals surface area contributed by atoms with Crippen molar-refractivity contribution in [3.8, 4) is 5.75 Å². The van der Waals surface area contributed by atoms with E-state index in [-0.39, 0.29) is 0 Å². The van der Waals surface area contributed by atoms with Gasteiger partial charge in [0.25, 0.3) is 11.3 Å². The molecule has 1 atom stereocenters. The van der Waals surface area contributed by atoms with Crippen LogP contribution in [0.5, 0.6) is 5.75 Å². The lowest BCUT2D eigenvalue weighted by atomic mass is 10.1. The summed E-state index contributed by atoms with van der Waals surface area (Å²) in [4.78, 5) is 0. The monoisotopic (exact) mass is 348 g/mol. The molecule has 0 bridgehead atoms. The van der Waals surface area contributed by atoms with E-state index in [2.05, 4.69) is 29.1 Å². The van der Waals surface area contributed by atoms with Gasteiger partial charge < -0.3 is 10.1 Å². The average Bonchev–Trinajstić information content (AvgIpc) is 2.58. The number of benzene rings is 2. The maximum Gasteiger partial charge on any atom is 0.259 e. The largest absolute Gasteiger partial charge is 0.494 e. The van der Waals surface area contributed by atoms with E-state index >= 15 is 0 Å². The van der Waals surface area contributed by atoms with E-state index in [0.717, 1.165) is 38.3 Å². The van der Waals surface area contributed by atoms with Gasteiger partial charge in [0.05, 0.1) is 6.61 Å². The van der Waals surface area contributed by atoms with E-state index < -0.39 is 11.3 Å². The highest BCUT2D eigenvalue weighted by atomic mass is 32.2. The fourth-order valence-corrected chi connectivity index (χ4v) is 2.61. The van der Waals surface area contributed by atoms with Crippen molar-refractivity contribution in [1.82, 2.24) is 5.32 Å². The molecule has 0 fully saturated rings. The Hall–Kier alpha value is -1.89. The van der Waals surface area contributed by atoms with E-state index in [9.17, 15) is 4.21 Å². The van der Waals surface area contributed by atoms with Gasteiger partial charge in [-0.2, -0.15) is 0 Å². The molecule has 2 aromatic rings. The van der Waals surface area contributed by atoms with E-state index in [1.54, 1.807) is 12.1 Å². The molecule has 0 aliphatic heterocycles.